The van der Waals surface area contributed by atoms with Crippen LogP contribution in [-0.4, -0.2) is 0 Å². The minimum Gasteiger partial charge on any atom is -0.0843 e. The second-order valence-electron chi connectivity index (χ2n) is 7.37. The van der Waals surface area contributed by atoms with Crippen LogP contribution in [0, 0.1) is 5.92 Å². The van der Waals surface area contributed by atoms with E-state index in [-0.39, 0.29) is 0 Å². The number of rotatable bonds is 6. The largest absolute Gasteiger partial charge is 0.0843 e. The van der Waals surface area contributed by atoms with Crippen molar-refractivity contribution in [2.45, 2.75) is 64.2 Å². The van der Waals surface area contributed by atoms with E-state index in [0.29, 0.717) is 0 Å². The first-order chi connectivity index (χ1) is 11.7. The summed E-state index contributed by atoms with van der Waals surface area (Å²) in [5.74, 6) is 1.79. The molecule has 0 aromatic heterocycles. The van der Waals surface area contributed by atoms with Crippen molar-refractivity contribution in [3.8, 4) is 0 Å². The van der Waals surface area contributed by atoms with Crippen LogP contribution in [0.25, 0.3) is 0 Å². The molecule has 3 rings (SSSR count). The van der Waals surface area contributed by atoms with Crippen molar-refractivity contribution in [2.24, 2.45) is 5.92 Å². The number of hydrogen-bond donors (Lipinski definition) is 0. The van der Waals surface area contributed by atoms with Gasteiger partial charge in [-0.3, -0.25) is 0 Å². The maximum atomic E-state index is 5.95. The van der Waals surface area contributed by atoms with Crippen molar-refractivity contribution in [1.82, 2.24) is 0 Å². The monoisotopic (exact) mass is 340 g/mol. The van der Waals surface area contributed by atoms with E-state index in [1.165, 1.54) is 49.7 Å². The Labute approximate surface area is 152 Å². The lowest BCUT2D eigenvalue weighted by Gasteiger charge is -2.28. The molecule has 1 aliphatic rings. The van der Waals surface area contributed by atoms with Crippen molar-refractivity contribution in [1.29, 1.82) is 0 Å². The van der Waals surface area contributed by atoms with Crippen molar-refractivity contribution in [3.63, 3.8) is 0 Å². The van der Waals surface area contributed by atoms with E-state index in [2.05, 4.69) is 43.3 Å². The fourth-order valence-electron chi connectivity index (χ4n) is 4.09. The minimum absolute atomic E-state index is 0.795. The molecule has 0 bridgehead atoms. The quantitative estimate of drug-likeness (QED) is 0.521. The Morgan fingerprint density at radius 2 is 1.33 bits per heavy atom. The van der Waals surface area contributed by atoms with Gasteiger partial charge in [0.15, 0.2) is 0 Å². The van der Waals surface area contributed by atoms with Gasteiger partial charge in [-0.2, -0.15) is 0 Å². The van der Waals surface area contributed by atoms with Crippen LogP contribution in [0.3, 0.4) is 0 Å². The standard InChI is InChI=1S/C23H29Cl/c1-2-3-18-6-12-21(13-7-18)22-14-8-19(9-15-22)4-5-20-10-16-23(24)17-11-20/h8-11,14-18,21H,2-7,12-13H2,1H3/t18-,21-. The van der Waals surface area contributed by atoms with Gasteiger partial charge in [0.05, 0.1) is 0 Å². The molecule has 2 aromatic carbocycles. The lowest BCUT2D eigenvalue weighted by atomic mass is 9.77. The van der Waals surface area contributed by atoms with Crippen LogP contribution in [0.15, 0.2) is 48.5 Å². The molecule has 1 fully saturated rings. The lowest BCUT2D eigenvalue weighted by molar-refractivity contribution is 0.308. The molecule has 0 spiro atoms. The summed E-state index contributed by atoms with van der Waals surface area (Å²) in [6.07, 6.45) is 10.6. The third kappa shape index (κ3) is 4.86. The van der Waals surface area contributed by atoms with Gasteiger partial charge < -0.3 is 0 Å². The Morgan fingerprint density at radius 1 is 0.792 bits per heavy atom. The van der Waals surface area contributed by atoms with Crippen LogP contribution in [0.1, 0.15) is 68.1 Å². The number of hydrogen-bond acceptors (Lipinski definition) is 0. The fourth-order valence-corrected chi connectivity index (χ4v) is 4.21. The maximum absolute atomic E-state index is 5.95. The molecule has 0 atom stereocenters. The molecule has 0 unspecified atom stereocenters. The van der Waals surface area contributed by atoms with Crippen LogP contribution in [0.5, 0.6) is 0 Å². The Balaban J connectivity index is 1.51. The van der Waals surface area contributed by atoms with Crippen LogP contribution < -0.4 is 0 Å². The third-order valence-corrected chi connectivity index (χ3v) is 5.86. The van der Waals surface area contributed by atoms with Gasteiger partial charge in [-0.05, 0) is 79.2 Å². The molecule has 1 aliphatic carbocycles. The normalized spacial score (nSPS) is 20.9. The van der Waals surface area contributed by atoms with Gasteiger partial charge in [-0.1, -0.05) is 67.8 Å². The van der Waals surface area contributed by atoms with Gasteiger partial charge in [0.2, 0.25) is 0 Å². The van der Waals surface area contributed by atoms with E-state index in [1.54, 1.807) is 5.56 Å². The average molecular weight is 341 g/mol. The number of halogens is 1. The summed E-state index contributed by atoms with van der Waals surface area (Å²) < 4.78 is 0. The molecule has 0 N–H and O–H groups in total. The molecule has 0 heterocycles. The maximum Gasteiger partial charge on any atom is 0.0406 e. The van der Waals surface area contributed by atoms with E-state index in [0.717, 1.165) is 29.7 Å². The van der Waals surface area contributed by atoms with Gasteiger partial charge in [0.1, 0.15) is 0 Å². The van der Waals surface area contributed by atoms with Crippen LogP contribution in [0.2, 0.25) is 5.02 Å². The summed E-state index contributed by atoms with van der Waals surface area (Å²) in [5.41, 5.74) is 4.35. The molecule has 0 saturated heterocycles. The highest BCUT2D eigenvalue weighted by Crippen LogP contribution is 2.37. The topological polar surface area (TPSA) is 0 Å². The molecule has 24 heavy (non-hydrogen) atoms. The van der Waals surface area contributed by atoms with E-state index >= 15 is 0 Å². The van der Waals surface area contributed by atoms with Gasteiger partial charge >= 0.3 is 0 Å². The number of aryl methyl sites for hydroxylation is 2. The zero-order chi connectivity index (χ0) is 16.8. The van der Waals surface area contributed by atoms with Gasteiger partial charge in [-0.15, -0.1) is 0 Å². The van der Waals surface area contributed by atoms with Crippen LogP contribution in [-0.2, 0) is 12.8 Å². The predicted octanol–water partition coefficient (Wildman–Crippen LogP) is 7.20. The lowest BCUT2D eigenvalue weighted by Crippen LogP contribution is -2.13. The summed E-state index contributed by atoms with van der Waals surface area (Å²) >= 11 is 5.95. The molecule has 128 valence electrons. The molecule has 1 heteroatoms. The Kier molecular flexibility index (Phi) is 6.37. The van der Waals surface area contributed by atoms with Crippen LogP contribution >= 0.6 is 11.6 Å². The second-order valence-corrected chi connectivity index (χ2v) is 7.81. The molecular formula is C23H29Cl. The van der Waals surface area contributed by atoms with E-state index in [4.69, 9.17) is 11.6 Å². The van der Waals surface area contributed by atoms with Crippen LogP contribution in [0.4, 0.5) is 0 Å². The molecule has 0 amide bonds. The van der Waals surface area contributed by atoms with Crippen molar-refractivity contribution in [3.05, 3.63) is 70.2 Å². The Bertz CT molecular complexity index is 603. The van der Waals surface area contributed by atoms with E-state index < -0.39 is 0 Å². The smallest absolute Gasteiger partial charge is 0.0406 e. The third-order valence-electron chi connectivity index (χ3n) is 5.61. The zero-order valence-electron chi connectivity index (χ0n) is 14.8. The highest BCUT2D eigenvalue weighted by Gasteiger charge is 2.21. The first kappa shape index (κ1) is 17.5. The summed E-state index contributed by atoms with van der Waals surface area (Å²) in [6.45, 7) is 2.31. The summed E-state index contributed by atoms with van der Waals surface area (Å²) in [4.78, 5) is 0. The summed E-state index contributed by atoms with van der Waals surface area (Å²) in [6, 6.07) is 17.7. The fraction of sp³-hybridized carbons (Fsp3) is 0.478. The Morgan fingerprint density at radius 3 is 1.88 bits per heavy atom. The molecule has 0 aliphatic heterocycles. The summed E-state index contributed by atoms with van der Waals surface area (Å²) in [5, 5.41) is 0.816. The van der Waals surface area contributed by atoms with Crippen molar-refractivity contribution >= 4 is 11.6 Å². The second kappa shape index (κ2) is 8.72. The highest BCUT2D eigenvalue weighted by molar-refractivity contribution is 6.30. The molecule has 1 saturated carbocycles. The molecule has 0 radical (unpaired) electrons. The molecule has 0 nitrogen and oxygen atoms in total. The Hall–Kier alpha value is -1.27. The SMILES string of the molecule is CCC[C@H]1CC[C@H](c2ccc(CCc3ccc(Cl)cc3)cc2)CC1. The first-order valence-corrected chi connectivity index (χ1v) is 9.95. The van der Waals surface area contributed by atoms with Crippen molar-refractivity contribution < 1.29 is 0 Å². The van der Waals surface area contributed by atoms with Gasteiger partial charge in [0, 0.05) is 5.02 Å². The average Bonchev–Trinajstić information content (AvgIpc) is 2.63. The van der Waals surface area contributed by atoms with E-state index in [9.17, 15) is 0 Å². The highest BCUT2D eigenvalue weighted by atomic mass is 35.5. The first-order valence-electron chi connectivity index (χ1n) is 9.58. The van der Waals surface area contributed by atoms with E-state index in [1.807, 2.05) is 12.1 Å². The minimum atomic E-state index is 0.795. The zero-order valence-corrected chi connectivity index (χ0v) is 15.6. The van der Waals surface area contributed by atoms with Gasteiger partial charge in [-0.25, -0.2) is 0 Å². The van der Waals surface area contributed by atoms with Gasteiger partial charge in [0.25, 0.3) is 0 Å². The predicted molar refractivity (Wildman–Crippen MR) is 105 cm³/mol. The number of benzene rings is 2. The van der Waals surface area contributed by atoms with Crippen molar-refractivity contribution in [2.75, 3.05) is 0 Å². The summed E-state index contributed by atoms with van der Waals surface area (Å²) in [7, 11) is 0. The molecular weight excluding hydrogens is 312 g/mol. The molecule has 2 aromatic rings.